The zero-order chi connectivity index (χ0) is 28.3. The normalized spacial score (nSPS) is 19.7. The fourth-order valence-corrected chi connectivity index (χ4v) is 6.61. The molecule has 2 atom stereocenters. The monoisotopic (exact) mass is 621 g/mol. The van der Waals surface area contributed by atoms with Crippen molar-refractivity contribution in [2.45, 2.75) is 76.7 Å². The lowest BCUT2D eigenvalue weighted by atomic mass is 10.0. The first-order valence-corrected chi connectivity index (χ1v) is 16.2. The number of carbonyl (C=O) groups excluding carboxylic acids is 1. The molecule has 2 heterocycles. The maximum Gasteiger partial charge on any atom is 0.243 e. The van der Waals surface area contributed by atoms with Crippen LogP contribution >= 0.6 is 15.9 Å². The van der Waals surface area contributed by atoms with Crippen molar-refractivity contribution in [3.8, 4) is 0 Å². The highest BCUT2D eigenvalue weighted by Crippen LogP contribution is 2.23. The quantitative estimate of drug-likeness (QED) is 0.157. The van der Waals surface area contributed by atoms with Gasteiger partial charge in [0.15, 0.2) is 6.29 Å². The molecule has 0 aliphatic carbocycles. The Labute approximate surface area is 253 Å². The van der Waals surface area contributed by atoms with Gasteiger partial charge in [-0.3, -0.25) is 14.6 Å². The van der Waals surface area contributed by atoms with Crippen molar-refractivity contribution >= 4 is 32.6 Å². The Balaban J connectivity index is 1.12. The lowest BCUT2D eigenvalue weighted by molar-refractivity contribution is -0.200. The number of nitrogens with zero attached hydrogens (tertiary/aromatic N) is 2. The van der Waals surface area contributed by atoms with E-state index in [0.717, 1.165) is 82.1 Å². The molecule has 6 nitrogen and oxygen atoms in total. The van der Waals surface area contributed by atoms with Gasteiger partial charge in [0.25, 0.3) is 0 Å². The van der Waals surface area contributed by atoms with Crippen molar-refractivity contribution in [3.63, 3.8) is 0 Å². The lowest BCUT2D eigenvalue weighted by Gasteiger charge is -2.29. The van der Waals surface area contributed by atoms with E-state index in [9.17, 15) is 4.79 Å². The largest absolute Gasteiger partial charge is 0.350 e. The van der Waals surface area contributed by atoms with E-state index in [4.69, 9.17) is 9.57 Å². The molecular formula is C34H44BrN3O3. The van der Waals surface area contributed by atoms with Gasteiger partial charge in [0.1, 0.15) is 0 Å². The smallest absolute Gasteiger partial charge is 0.243 e. The molecule has 41 heavy (non-hydrogen) atoms. The molecule has 2 saturated heterocycles. The third-order valence-corrected chi connectivity index (χ3v) is 8.89. The van der Waals surface area contributed by atoms with E-state index in [0.29, 0.717) is 19.1 Å². The van der Waals surface area contributed by atoms with Gasteiger partial charge < -0.3 is 4.74 Å². The van der Waals surface area contributed by atoms with Gasteiger partial charge in [0.2, 0.25) is 5.91 Å². The molecule has 2 aliphatic heterocycles. The van der Waals surface area contributed by atoms with Crippen molar-refractivity contribution in [1.82, 2.24) is 15.3 Å². The van der Waals surface area contributed by atoms with Crippen LogP contribution in [0.1, 0.15) is 62.5 Å². The molecule has 2 unspecified atom stereocenters. The number of hydrogen-bond donors (Lipinski definition) is 1. The van der Waals surface area contributed by atoms with Crippen LogP contribution in [0.5, 0.6) is 0 Å². The van der Waals surface area contributed by atoms with Crippen molar-refractivity contribution in [2.75, 3.05) is 32.8 Å². The van der Waals surface area contributed by atoms with Gasteiger partial charge >= 0.3 is 0 Å². The van der Waals surface area contributed by atoms with E-state index in [-0.39, 0.29) is 12.2 Å². The molecule has 3 aromatic carbocycles. The van der Waals surface area contributed by atoms with E-state index >= 15 is 0 Å². The Morgan fingerprint density at radius 1 is 1.00 bits per heavy atom. The fourth-order valence-electron chi connectivity index (χ4n) is 6.16. The maximum absolute atomic E-state index is 12.3. The third-order valence-electron chi connectivity index (χ3n) is 8.40. The summed E-state index contributed by atoms with van der Waals surface area (Å²) in [6.45, 7) is 6.06. The van der Waals surface area contributed by atoms with Crippen molar-refractivity contribution in [2.24, 2.45) is 0 Å². The summed E-state index contributed by atoms with van der Waals surface area (Å²) >= 11 is 3.62. The molecule has 0 aromatic heterocycles. The van der Waals surface area contributed by atoms with E-state index < -0.39 is 0 Å². The minimum Gasteiger partial charge on any atom is -0.350 e. The number of nitrogens with one attached hydrogen (secondary N) is 1. The molecule has 7 heteroatoms. The molecule has 0 radical (unpaired) electrons. The number of fused-ring (bicyclic) bond motifs is 1. The predicted octanol–water partition coefficient (Wildman–Crippen LogP) is 6.86. The van der Waals surface area contributed by atoms with Crippen LogP contribution < -0.4 is 5.48 Å². The van der Waals surface area contributed by atoms with Crippen LogP contribution in [0.25, 0.3) is 10.8 Å². The summed E-state index contributed by atoms with van der Waals surface area (Å²) in [7, 11) is 0. The van der Waals surface area contributed by atoms with Gasteiger partial charge in [-0.25, -0.2) is 10.3 Å². The van der Waals surface area contributed by atoms with Crippen molar-refractivity contribution < 1.29 is 14.4 Å². The first-order valence-electron chi connectivity index (χ1n) is 15.4. The SMILES string of the molecule is O=C(CCCCCN(CCc1cccc2ccccc12)C1CCN(Cc2cccc(Br)c2)C1)NOC1CCCCO1. The molecule has 3 aromatic rings. The van der Waals surface area contributed by atoms with Gasteiger partial charge in [-0.2, -0.15) is 0 Å². The fraction of sp³-hybridized carbons (Fsp3) is 0.500. The summed E-state index contributed by atoms with van der Waals surface area (Å²) < 4.78 is 6.67. The second-order valence-corrected chi connectivity index (χ2v) is 12.4. The Morgan fingerprint density at radius 2 is 1.88 bits per heavy atom. The molecule has 5 rings (SSSR count). The number of halogens is 1. The van der Waals surface area contributed by atoms with Gasteiger partial charge in [0.05, 0.1) is 0 Å². The minimum absolute atomic E-state index is 0.0500. The average Bonchev–Trinajstić information content (AvgIpc) is 3.46. The molecule has 0 spiro atoms. The number of ether oxygens (including phenoxy) is 1. The summed E-state index contributed by atoms with van der Waals surface area (Å²) in [4.78, 5) is 23.0. The summed E-state index contributed by atoms with van der Waals surface area (Å²) in [6, 6.07) is 24.6. The number of hydroxylamine groups is 1. The summed E-state index contributed by atoms with van der Waals surface area (Å²) in [5, 5.41) is 2.68. The summed E-state index contributed by atoms with van der Waals surface area (Å²) in [6.07, 6.45) is 8.44. The van der Waals surface area contributed by atoms with Gasteiger partial charge in [-0.05, 0) is 79.1 Å². The Hall–Kier alpha value is -2.29. The van der Waals surface area contributed by atoms with Crippen molar-refractivity contribution in [1.29, 1.82) is 0 Å². The summed E-state index contributed by atoms with van der Waals surface area (Å²) in [5.41, 5.74) is 5.38. The first kappa shape index (κ1) is 30.2. The topological polar surface area (TPSA) is 54.0 Å². The maximum atomic E-state index is 12.3. The number of benzene rings is 3. The van der Waals surface area contributed by atoms with Crippen LogP contribution in [0.4, 0.5) is 0 Å². The van der Waals surface area contributed by atoms with Gasteiger partial charge in [-0.1, -0.05) is 76.9 Å². The van der Waals surface area contributed by atoms with Crippen LogP contribution in [0.3, 0.4) is 0 Å². The minimum atomic E-state index is -0.294. The van der Waals surface area contributed by atoms with Crippen LogP contribution in [0.15, 0.2) is 71.2 Å². The second kappa shape index (κ2) is 15.8. The predicted molar refractivity (Wildman–Crippen MR) is 168 cm³/mol. The molecular weight excluding hydrogens is 578 g/mol. The summed E-state index contributed by atoms with van der Waals surface area (Å²) in [5.74, 6) is -0.0500. The first-order chi connectivity index (χ1) is 20.1. The Bertz CT molecular complexity index is 1240. The molecule has 2 fully saturated rings. The van der Waals surface area contributed by atoms with E-state index in [1.165, 1.54) is 28.3 Å². The Morgan fingerprint density at radius 3 is 2.76 bits per heavy atom. The highest BCUT2D eigenvalue weighted by molar-refractivity contribution is 9.10. The number of hydrogen-bond acceptors (Lipinski definition) is 5. The molecule has 0 bridgehead atoms. The zero-order valence-electron chi connectivity index (χ0n) is 24.1. The van der Waals surface area contributed by atoms with Crippen molar-refractivity contribution in [3.05, 3.63) is 82.3 Å². The number of likely N-dealkylation sites (tertiary alicyclic amines) is 1. The van der Waals surface area contributed by atoms with Crippen LogP contribution in [-0.2, 0) is 27.3 Å². The standard InChI is InChI=1S/C34H44BrN3O3/c35-30-14-8-10-27(24-30)25-37-21-19-31(26-37)38(22-18-29-13-9-12-28-11-3-4-15-32(28)29)20-6-1-2-16-33(39)36-41-34-17-5-7-23-40-34/h3-4,8-15,24,31,34H,1-2,5-7,16-23,25-26H2,(H,36,39). The number of amides is 1. The Kier molecular flexibility index (Phi) is 11.6. The number of carbonyl (C=O) groups is 1. The highest BCUT2D eigenvalue weighted by atomic mass is 79.9. The molecule has 220 valence electrons. The third kappa shape index (κ3) is 9.35. The van der Waals surface area contributed by atoms with E-state index in [1.807, 2.05) is 0 Å². The zero-order valence-corrected chi connectivity index (χ0v) is 25.7. The lowest BCUT2D eigenvalue weighted by Crippen LogP contribution is -2.39. The molecule has 0 saturated carbocycles. The average molecular weight is 623 g/mol. The van der Waals surface area contributed by atoms with Crippen LogP contribution in [0, 0.1) is 0 Å². The highest BCUT2D eigenvalue weighted by Gasteiger charge is 2.27. The second-order valence-electron chi connectivity index (χ2n) is 11.5. The van der Waals surface area contributed by atoms with Gasteiger partial charge in [0, 0.05) is 56.1 Å². The van der Waals surface area contributed by atoms with Gasteiger partial charge in [-0.15, -0.1) is 0 Å². The molecule has 1 amide bonds. The molecule has 1 N–H and O–H groups in total. The van der Waals surface area contributed by atoms with Crippen LogP contribution in [0.2, 0.25) is 0 Å². The number of rotatable bonds is 14. The number of unbranched alkanes of at least 4 members (excludes halogenated alkanes) is 2. The van der Waals surface area contributed by atoms with E-state index in [2.05, 4.69) is 97.9 Å². The van der Waals surface area contributed by atoms with E-state index in [1.54, 1.807) is 0 Å². The van der Waals surface area contributed by atoms with Crippen LogP contribution in [-0.4, -0.2) is 60.8 Å². The molecule has 2 aliphatic rings.